The molecular weight excluding hydrogens is 397 g/mol. The molecule has 7 heteroatoms. The molecule has 31 heavy (non-hydrogen) atoms. The Morgan fingerprint density at radius 3 is 2.65 bits per heavy atom. The van der Waals surface area contributed by atoms with E-state index in [9.17, 15) is 14.3 Å². The Labute approximate surface area is 180 Å². The van der Waals surface area contributed by atoms with Gasteiger partial charge < -0.3 is 9.84 Å². The van der Waals surface area contributed by atoms with Crippen molar-refractivity contribution in [3.05, 3.63) is 71.8 Å². The van der Waals surface area contributed by atoms with Gasteiger partial charge in [0.2, 0.25) is 0 Å². The molecule has 2 aromatic heterocycles. The van der Waals surface area contributed by atoms with Gasteiger partial charge in [0.1, 0.15) is 11.9 Å². The number of aromatic nitrogens is 3. The van der Waals surface area contributed by atoms with Gasteiger partial charge in [-0.25, -0.2) is 14.1 Å². The third-order valence-electron chi connectivity index (χ3n) is 5.15. The van der Waals surface area contributed by atoms with Gasteiger partial charge in [0.05, 0.1) is 23.9 Å². The number of hydrogen-bond acceptors (Lipinski definition) is 5. The van der Waals surface area contributed by atoms with Gasteiger partial charge in [-0.05, 0) is 48.4 Å². The minimum atomic E-state index is -0.715. The van der Waals surface area contributed by atoms with E-state index < -0.39 is 18.2 Å². The molecule has 1 saturated heterocycles. The van der Waals surface area contributed by atoms with Crippen LogP contribution in [0.25, 0.3) is 23.2 Å². The van der Waals surface area contributed by atoms with E-state index in [1.54, 1.807) is 29.1 Å². The average Bonchev–Trinajstić information content (AvgIpc) is 3.12. The largest absolute Gasteiger partial charge is 0.458 e. The lowest BCUT2D eigenvalue weighted by Crippen LogP contribution is -2.31. The number of aliphatic hydroxyl groups is 1. The van der Waals surface area contributed by atoms with Crippen molar-refractivity contribution in [1.82, 2.24) is 14.8 Å². The third kappa shape index (κ3) is 4.56. The second-order valence-electron chi connectivity index (χ2n) is 7.89. The molecule has 0 bridgehead atoms. The molecule has 2 atom stereocenters. The molecule has 1 aromatic carbocycles. The molecule has 6 nitrogen and oxygen atoms in total. The van der Waals surface area contributed by atoms with Crippen molar-refractivity contribution in [2.75, 3.05) is 0 Å². The zero-order valence-corrected chi connectivity index (χ0v) is 17.4. The Hall–Kier alpha value is -3.32. The van der Waals surface area contributed by atoms with Crippen LogP contribution in [0.4, 0.5) is 4.39 Å². The molecule has 0 unspecified atom stereocenters. The summed E-state index contributed by atoms with van der Waals surface area (Å²) in [6.45, 7) is 4.09. The first-order chi connectivity index (χ1) is 14.9. The minimum Gasteiger partial charge on any atom is -0.458 e. The Kier molecular flexibility index (Phi) is 5.95. The summed E-state index contributed by atoms with van der Waals surface area (Å²) in [5, 5.41) is 14.7. The minimum absolute atomic E-state index is 0.0139. The predicted octanol–water partition coefficient (Wildman–Crippen LogP) is 4.28. The Morgan fingerprint density at radius 1 is 1.23 bits per heavy atom. The topological polar surface area (TPSA) is 77.2 Å². The molecule has 1 aliphatic rings. The van der Waals surface area contributed by atoms with E-state index >= 15 is 0 Å². The number of esters is 1. The zero-order chi connectivity index (χ0) is 22.0. The molecule has 0 saturated carbocycles. The Balaban J connectivity index is 1.86. The van der Waals surface area contributed by atoms with Crippen molar-refractivity contribution in [2.45, 2.75) is 44.8 Å². The smallest absolute Gasteiger partial charge is 0.309 e. The summed E-state index contributed by atoms with van der Waals surface area (Å²) < 4.78 is 20.7. The number of carbonyl (C=O) groups excluding carboxylic acids is 1. The Morgan fingerprint density at radius 2 is 2.00 bits per heavy atom. The number of cyclic esters (lactones) is 1. The van der Waals surface area contributed by atoms with Crippen LogP contribution >= 0.6 is 0 Å². The molecule has 0 amide bonds. The second-order valence-corrected chi connectivity index (χ2v) is 7.89. The first kappa shape index (κ1) is 20.9. The van der Waals surface area contributed by atoms with Gasteiger partial charge >= 0.3 is 5.97 Å². The number of rotatable bonds is 5. The van der Waals surface area contributed by atoms with Crippen LogP contribution in [0, 0.1) is 5.82 Å². The van der Waals surface area contributed by atoms with Crippen molar-refractivity contribution >= 4 is 12.0 Å². The van der Waals surface area contributed by atoms with Crippen LogP contribution < -0.4 is 0 Å². The van der Waals surface area contributed by atoms with E-state index in [2.05, 4.69) is 4.98 Å². The fourth-order valence-electron chi connectivity index (χ4n) is 3.70. The average molecular weight is 421 g/mol. The number of ether oxygens (including phenoxy) is 1. The standard InChI is InChI=1S/C24H24FN3O3/c1-15(2)23-20(11-10-19-13-18(29)14-22(30)31-19)24(16-6-8-17(25)9-7-16)28(27-23)21-5-3-4-12-26-21/h3-12,15,18-19,29H,13-14H2,1-2H3/b11-10+/t18-,19-/m1/s1. The fraction of sp³-hybridized carbons (Fsp3) is 0.292. The van der Waals surface area contributed by atoms with Gasteiger partial charge in [-0.3, -0.25) is 4.79 Å². The number of benzene rings is 1. The summed E-state index contributed by atoms with van der Waals surface area (Å²) in [7, 11) is 0. The van der Waals surface area contributed by atoms with Crippen molar-refractivity contribution in [1.29, 1.82) is 0 Å². The maximum Gasteiger partial charge on any atom is 0.309 e. The fourth-order valence-corrected chi connectivity index (χ4v) is 3.70. The first-order valence-corrected chi connectivity index (χ1v) is 10.3. The van der Waals surface area contributed by atoms with Crippen LogP contribution in [0.3, 0.4) is 0 Å². The van der Waals surface area contributed by atoms with Crippen molar-refractivity contribution in [3.63, 3.8) is 0 Å². The number of aliphatic hydroxyl groups excluding tert-OH is 1. The molecule has 1 fully saturated rings. The molecule has 0 radical (unpaired) electrons. The quantitative estimate of drug-likeness (QED) is 0.623. The summed E-state index contributed by atoms with van der Waals surface area (Å²) in [4.78, 5) is 16.1. The SMILES string of the molecule is CC(C)c1nn(-c2ccccn2)c(-c2ccc(F)cc2)c1/C=C/[C@@H]1C[C@@H](O)CC(=O)O1. The molecule has 3 heterocycles. The highest BCUT2D eigenvalue weighted by molar-refractivity contribution is 5.76. The summed E-state index contributed by atoms with van der Waals surface area (Å²) in [5.74, 6) is 0.00329. The van der Waals surface area contributed by atoms with Crippen LogP contribution in [0.2, 0.25) is 0 Å². The van der Waals surface area contributed by atoms with Crippen LogP contribution in [0.5, 0.6) is 0 Å². The van der Waals surface area contributed by atoms with E-state index in [1.165, 1.54) is 12.1 Å². The number of pyridine rings is 1. The molecule has 1 aliphatic heterocycles. The van der Waals surface area contributed by atoms with Gasteiger partial charge in [-0.15, -0.1) is 0 Å². The number of nitrogens with zero attached hydrogens (tertiary/aromatic N) is 3. The van der Waals surface area contributed by atoms with Gasteiger partial charge in [0.25, 0.3) is 0 Å². The van der Waals surface area contributed by atoms with Crippen LogP contribution in [-0.4, -0.2) is 38.0 Å². The summed E-state index contributed by atoms with van der Waals surface area (Å²) in [6, 6.07) is 11.8. The number of halogens is 1. The molecule has 4 rings (SSSR count). The van der Waals surface area contributed by atoms with Crippen LogP contribution in [0.15, 0.2) is 54.7 Å². The zero-order valence-electron chi connectivity index (χ0n) is 17.4. The lowest BCUT2D eigenvalue weighted by molar-refractivity contribution is -0.156. The van der Waals surface area contributed by atoms with Crippen LogP contribution in [-0.2, 0) is 9.53 Å². The molecule has 0 spiro atoms. The molecular formula is C24H24FN3O3. The lowest BCUT2D eigenvalue weighted by atomic mass is 9.98. The van der Waals surface area contributed by atoms with Gasteiger partial charge in [-0.1, -0.05) is 26.0 Å². The third-order valence-corrected chi connectivity index (χ3v) is 5.15. The van der Waals surface area contributed by atoms with Crippen molar-refractivity contribution < 1.29 is 19.0 Å². The van der Waals surface area contributed by atoms with Gasteiger partial charge in [0.15, 0.2) is 5.82 Å². The predicted molar refractivity (Wildman–Crippen MR) is 115 cm³/mol. The molecule has 3 aromatic rings. The van der Waals surface area contributed by atoms with E-state index in [0.29, 0.717) is 12.2 Å². The highest BCUT2D eigenvalue weighted by Crippen LogP contribution is 2.33. The van der Waals surface area contributed by atoms with E-state index in [4.69, 9.17) is 9.84 Å². The normalized spacial score (nSPS) is 19.2. The first-order valence-electron chi connectivity index (χ1n) is 10.3. The molecule has 1 N–H and O–H groups in total. The number of hydrogen-bond donors (Lipinski definition) is 1. The maximum absolute atomic E-state index is 13.6. The van der Waals surface area contributed by atoms with Crippen molar-refractivity contribution in [3.8, 4) is 17.1 Å². The van der Waals surface area contributed by atoms with E-state index in [-0.39, 0.29) is 18.2 Å². The molecule has 160 valence electrons. The van der Waals surface area contributed by atoms with Crippen LogP contribution in [0.1, 0.15) is 43.9 Å². The summed E-state index contributed by atoms with van der Waals surface area (Å²) >= 11 is 0. The monoisotopic (exact) mass is 421 g/mol. The summed E-state index contributed by atoms with van der Waals surface area (Å²) in [5.41, 5.74) is 3.22. The van der Waals surface area contributed by atoms with E-state index in [0.717, 1.165) is 22.5 Å². The van der Waals surface area contributed by atoms with E-state index in [1.807, 2.05) is 38.1 Å². The highest BCUT2D eigenvalue weighted by atomic mass is 19.1. The number of carbonyl (C=O) groups is 1. The highest BCUT2D eigenvalue weighted by Gasteiger charge is 2.26. The Bertz CT molecular complexity index is 1090. The lowest BCUT2D eigenvalue weighted by Gasteiger charge is -2.23. The van der Waals surface area contributed by atoms with Gasteiger partial charge in [0, 0.05) is 23.7 Å². The van der Waals surface area contributed by atoms with Crippen molar-refractivity contribution in [2.24, 2.45) is 0 Å². The summed E-state index contributed by atoms with van der Waals surface area (Å²) in [6.07, 6.45) is 4.47. The molecule has 0 aliphatic carbocycles. The van der Waals surface area contributed by atoms with Gasteiger partial charge in [-0.2, -0.15) is 5.10 Å². The maximum atomic E-state index is 13.6. The second kappa shape index (κ2) is 8.81.